The molecule has 0 aliphatic rings. The summed E-state index contributed by atoms with van der Waals surface area (Å²) in [6, 6.07) is 5.84. The maximum atomic E-state index is 11.7. The number of aromatic amines is 1. The number of nitrogens with one attached hydrogen (secondary N) is 2. The van der Waals surface area contributed by atoms with Crippen molar-refractivity contribution in [1.82, 2.24) is 10.3 Å². The molecule has 0 aliphatic heterocycles. The molecule has 2 aromatic rings. The Kier molecular flexibility index (Phi) is 4.09. The lowest BCUT2D eigenvalue weighted by Crippen LogP contribution is -2.38. The average molecular weight is 293 g/mol. The monoisotopic (exact) mass is 292 g/mol. The summed E-state index contributed by atoms with van der Waals surface area (Å²) in [5.41, 5.74) is 2.07. The van der Waals surface area contributed by atoms with E-state index in [0.29, 0.717) is 6.54 Å². The van der Waals surface area contributed by atoms with Crippen LogP contribution in [0.4, 0.5) is 0 Å². The largest absolute Gasteiger partial charge is 0.361 e. The van der Waals surface area contributed by atoms with E-state index < -0.39 is 0 Å². The maximum absolute atomic E-state index is 11.7. The first-order chi connectivity index (χ1) is 9.31. The quantitative estimate of drug-likeness (QED) is 0.883. The maximum Gasteiger partial charge on any atom is 0.222 e. The van der Waals surface area contributed by atoms with Crippen LogP contribution in [0, 0.1) is 5.92 Å². The van der Waals surface area contributed by atoms with E-state index in [-0.39, 0.29) is 17.2 Å². The SMILES string of the molecule is CC(C)C(=O)NCC(C)(C)c1c[nH]c2cc(Cl)ccc12. The van der Waals surface area contributed by atoms with Crippen molar-refractivity contribution in [3.05, 3.63) is 35.0 Å². The molecule has 0 saturated carbocycles. The highest BCUT2D eigenvalue weighted by Crippen LogP contribution is 2.31. The molecular formula is C16H21ClN2O. The van der Waals surface area contributed by atoms with E-state index in [2.05, 4.69) is 24.1 Å². The summed E-state index contributed by atoms with van der Waals surface area (Å²) < 4.78 is 0. The molecule has 0 unspecified atom stereocenters. The second kappa shape index (κ2) is 5.49. The van der Waals surface area contributed by atoms with Gasteiger partial charge in [0, 0.05) is 40.0 Å². The number of hydrogen-bond acceptors (Lipinski definition) is 1. The number of fused-ring (bicyclic) bond motifs is 1. The van der Waals surface area contributed by atoms with Crippen LogP contribution >= 0.6 is 11.6 Å². The molecule has 3 nitrogen and oxygen atoms in total. The van der Waals surface area contributed by atoms with Crippen LogP contribution in [0.2, 0.25) is 5.02 Å². The average Bonchev–Trinajstić information content (AvgIpc) is 2.79. The predicted octanol–water partition coefficient (Wildman–Crippen LogP) is 3.87. The molecule has 1 aromatic heterocycles. The highest BCUT2D eigenvalue weighted by molar-refractivity contribution is 6.31. The fourth-order valence-electron chi connectivity index (χ4n) is 2.27. The predicted molar refractivity (Wildman–Crippen MR) is 84.2 cm³/mol. The number of halogens is 1. The van der Waals surface area contributed by atoms with E-state index in [4.69, 9.17) is 11.6 Å². The normalized spacial score (nSPS) is 12.1. The lowest BCUT2D eigenvalue weighted by atomic mass is 9.84. The van der Waals surface area contributed by atoms with Crippen LogP contribution in [0.15, 0.2) is 24.4 Å². The topological polar surface area (TPSA) is 44.9 Å². The molecule has 20 heavy (non-hydrogen) atoms. The number of aromatic nitrogens is 1. The second-order valence-electron chi connectivity index (χ2n) is 6.15. The Balaban J connectivity index is 2.25. The first-order valence-electron chi connectivity index (χ1n) is 6.86. The Bertz CT molecular complexity index is 628. The fourth-order valence-corrected chi connectivity index (χ4v) is 2.44. The smallest absolute Gasteiger partial charge is 0.222 e. The van der Waals surface area contributed by atoms with E-state index >= 15 is 0 Å². The van der Waals surface area contributed by atoms with Gasteiger partial charge in [-0.05, 0) is 17.7 Å². The van der Waals surface area contributed by atoms with Gasteiger partial charge in [-0.1, -0.05) is 45.4 Å². The molecule has 108 valence electrons. The zero-order valence-electron chi connectivity index (χ0n) is 12.4. The molecule has 0 aliphatic carbocycles. The van der Waals surface area contributed by atoms with Crippen LogP contribution < -0.4 is 5.32 Å². The Hall–Kier alpha value is -1.48. The van der Waals surface area contributed by atoms with Crippen molar-refractivity contribution >= 4 is 28.4 Å². The zero-order chi connectivity index (χ0) is 14.9. The third kappa shape index (κ3) is 2.98. The van der Waals surface area contributed by atoms with Crippen LogP contribution in [-0.4, -0.2) is 17.4 Å². The summed E-state index contributed by atoms with van der Waals surface area (Å²) in [7, 11) is 0. The molecular weight excluding hydrogens is 272 g/mol. The molecule has 0 fully saturated rings. The number of H-pyrrole nitrogens is 1. The zero-order valence-corrected chi connectivity index (χ0v) is 13.1. The molecule has 1 aromatic carbocycles. The summed E-state index contributed by atoms with van der Waals surface area (Å²) in [5.74, 6) is 0.0912. The fraction of sp³-hybridized carbons (Fsp3) is 0.438. The lowest BCUT2D eigenvalue weighted by molar-refractivity contribution is -0.124. The molecule has 2 rings (SSSR count). The standard InChI is InChI=1S/C16H21ClN2O/c1-10(2)15(20)19-9-16(3,4)13-8-18-14-7-11(17)5-6-12(13)14/h5-8,10,18H,9H2,1-4H3,(H,19,20). The highest BCUT2D eigenvalue weighted by atomic mass is 35.5. The number of carbonyl (C=O) groups excluding carboxylic acids is 1. The van der Waals surface area contributed by atoms with Crippen molar-refractivity contribution in [2.24, 2.45) is 5.92 Å². The third-order valence-corrected chi connectivity index (χ3v) is 3.84. The van der Waals surface area contributed by atoms with E-state index in [1.54, 1.807) is 0 Å². The molecule has 0 spiro atoms. The van der Waals surface area contributed by atoms with Gasteiger partial charge >= 0.3 is 0 Å². The second-order valence-corrected chi connectivity index (χ2v) is 6.59. The van der Waals surface area contributed by atoms with Crippen molar-refractivity contribution in [1.29, 1.82) is 0 Å². The molecule has 2 N–H and O–H groups in total. The number of carbonyl (C=O) groups is 1. The van der Waals surface area contributed by atoms with Gasteiger partial charge in [0.15, 0.2) is 0 Å². The minimum Gasteiger partial charge on any atom is -0.361 e. The van der Waals surface area contributed by atoms with E-state index in [1.807, 2.05) is 38.2 Å². The van der Waals surface area contributed by atoms with Crippen molar-refractivity contribution in [3.63, 3.8) is 0 Å². The summed E-state index contributed by atoms with van der Waals surface area (Å²) >= 11 is 6.00. The summed E-state index contributed by atoms with van der Waals surface area (Å²) in [6.07, 6.45) is 2.00. The molecule has 1 heterocycles. The van der Waals surface area contributed by atoms with Gasteiger partial charge < -0.3 is 10.3 Å². The number of rotatable bonds is 4. The van der Waals surface area contributed by atoms with E-state index in [9.17, 15) is 4.79 Å². The van der Waals surface area contributed by atoms with Crippen molar-refractivity contribution in [2.75, 3.05) is 6.54 Å². The third-order valence-electron chi connectivity index (χ3n) is 3.60. The van der Waals surface area contributed by atoms with Gasteiger partial charge in [0.1, 0.15) is 0 Å². The first kappa shape index (κ1) is 14.9. The first-order valence-corrected chi connectivity index (χ1v) is 7.24. The number of amides is 1. The highest BCUT2D eigenvalue weighted by Gasteiger charge is 2.25. The van der Waals surface area contributed by atoms with Crippen LogP contribution in [0.5, 0.6) is 0 Å². The number of hydrogen-bond donors (Lipinski definition) is 2. The van der Waals surface area contributed by atoms with Crippen LogP contribution in [0.25, 0.3) is 10.9 Å². The minimum absolute atomic E-state index is 0.00701. The van der Waals surface area contributed by atoms with Crippen LogP contribution in [-0.2, 0) is 10.2 Å². The Morgan fingerprint density at radius 2 is 2.10 bits per heavy atom. The van der Waals surface area contributed by atoms with Crippen molar-refractivity contribution in [2.45, 2.75) is 33.1 Å². The minimum atomic E-state index is -0.142. The van der Waals surface area contributed by atoms with Crippen molar-refractivity contribution in [3.8, 4) is 0 Å². The molecule has 0 bridgehead atoms. The molecule has 0 radical (unpaired) electrons. The number of benzene rings is 1. The van der Waals surface area contributed by atoms with Gasteiger partial charge in [0.05, 0.1) is 0 Å². The summed E-state index contributed by atoms with van der Waals surface area (Å²) in [5, 5.41) is 4.88. The molecule has 1 amide bonds. The Labute approximate surface area is 124 Å². The van der Waals surface area contributed by atoms with Gasteiger partial charge in [-0.3, -0.25) is 4.79 Å². The molecule has 0 saturated heterocycles. The Morgan fingerprint density at radius 3 is 2.75 bits per heavy atom. The van der Waals surface area contributed by atoms with Gasteiger partial charge in [0.25, 0.3) is 0 Å². The molecule has 4 heteroatoms. The van der Waals surface area contributed by atoms with Crippen molar-refractivity contribution < 1.29 is 4.79 Å². The van der Waals surface area contributed by atoms with Gasteiger partial charge in [-0.2, -0.15) is 0 Å². The summed E-state index contributed by atoms with van der Waals surface area (Å²) in [4.78, 5) is 15.0. The molecule has 0 atom stereocenters. The summed E-state index contributed by atoms with van der Waals surface area (Å²) in [6.45, 7) is 8.67. The Morgan fingerprint density at radius 1 is 1.40 bits per heavy atom. The van der Waals surface area contributed by atoms with E-state index in [1.165, 1.54) is 5.56 Å². The van der Waals surface area contributed by atoms with Gasteiger partial charge in [-0.25, -0.2) is 0 Å². The van der Waals surface area contributed by atoms with Crippen LogP contribution in [0.1, 0.15) is 33.3 Å². The lowest BCUT2D eigenvalue weighted by Gasteiger charge is -2.25. The van der Waals surface area contributed by atoms with Gasteiger partial charge in [0.2, 0.25) is 5.91 Å². The van der Waals surface area contributed by atoms with Crippen LogP contribution in [0.3, 0.4) is 0 Å². The van der Waals surface area contributed by atoms with Gasteiger partial charge in [-0.15, -0.1) is 0 Å². The van der Waals surface area contributed by atoms with E-state index in [0.717, 1.165) is 15.9 Å².